The van der Waals surface area contributed by atoms with Gasteiger partial charge in [-0.25, -0.2) is 0 Å². The molecule has 1 fully saturated rings. The highest BCUT2D eigenvalue weighted by atomic mass is 79.9. The Labute approximate surface area is 177 Å². The SMILES string of the molecule is CCCN1C(=O)C(=O)/C(=C(/O)c2ccc(Br)cc2)C1c1cn(C)c2ccccc12. The van der Waals surface area contributed by atoms with Crippen LogP contribution in [0.2, 0.25) is 0 Å². The Kier molecular flexibility index (Phi) is 5.04. The number of aryl methyl sites for hydroxylation is 1. The zero-order valence-electron chi connectivity index (χ0n) is 16.2. The molecule has 1 aromatic heterocycles. The number of hydrogen-bond acceptors (Lipinski definition) is 3. The number of aliphatic hydroxyl groups excluding tert-OH is 1. The van der Waals surface area contributed by atoms with Crippen LogP contribution < -0.4 is 0 Å². The highest BCUT2D eigenvalue weighted by molar-refractivity contribution is 9.10. The summed E-state index contributed by atoms with van der Waals surface area (Å²) >= 11 is 3.38. The zero-order valence-corrected chi connectivity index (χ0v) is 17.8. The number of halogens is 1. The molecule has 4 rings (SSSR count). The van der Waals surface area contributed by atoms with Gasteiger partial charge in [0.15, 0.2) is 0 Å². The molecule has 1 N–H and O–H groups in total. The summed E-state index contributed by atoms with van der Waals surface area (Å²) in [5.41, 5.74) is 2.50. The smallest absolute Gasteiger partial charge is 0.295 e. The summed E-state index contributed by atoms with van der Waals surface area (Å²) in [6.45, 7) is 2.41. The van der Waals surface area contributed by atoms with Crippen LogP contribution in [0.1, 0.15) is 30.5 Å². The van der Waals surface area contributed by atoms with Gasteiger partial charge in [0.2, 0.25) is 0 Å². The molecule has 1 aliphatic heterocycles. The van der Waals surface area contributed by atoms with Gasteiger partial charge in [-0.3, -0.25) is 9.59 Å². The van der Waals surface area contributed by atoms with Crippen LogP contribution in [0.25, 0.3) is 16.7 Å². The average molecular weight is 453 g/mol. The molecule has 1 atom stereocenters. The van der Waals surface area contributed by atoms with Crippen LogP contribution in [0.4, 0.5) is 0 Å². The van der Waals surface area contributed by atoms with Gasteiger partial charge in [-0.2, -0.15) is 0 Å². The maximum atomic E-state index is 13.0. The molecule has 1 amide bonds. The Bertz CT molecular complexity index is 1140. The molecule has 148 valence electrons. The molecular weight excluding hydrogens is 432 g/mol. The van der Waals surface area contributed by atoms with E-state index in [4.69, 9.17) is 0 Å². The molecular formula is C23H21BrN2O3. The summed E-state index contributed by atoms with van der Waals surface area (Å²) in [5.74, 6) is -1.35. The lowest BCUT2D eigenvalue weighted by Gasteiger charge is -2.24. The second-order valence-corrected chi connectivity index (χ2v) is 8.13. The minimum absolute atomic E-state index is 0.141. The number of Topliss-reactive ketones (excluding diaryl/α,β-unsaturated/α-hetero) is 1. The number of fused-ring (bicyclic) bond motifs is 1. The van der Waals surface area contributed by atoms with E-state index < -0.39 is 17.7 Å². The standard InChI is InChI=1S/C23H21BrN2O3/c1-3-12-26-20(17-13-25(2)18-7-5-4-6-16(17)18)19(22(28)23(26)29)21(27)14-8-10-15(24)11-9-14/h4-11,13,20,27H,3,12H2,1-2H3/b21-19+. The van der Waals surface area contributed by atoms with E-state index in [0.29, 0.717) is 18.5 Å². The minimum Gasteiger partial charge on any atom is -0.507 e. The summed E-state index contributed by atoms with van der Waals surface area (Å²) in [7, 11) is 1.94. The van der Waals surface area contributed by atoms with E-state index >= 15 is 0 Å². The lowest BCUT2D eigenvalue weighted by Crippen LogP contribution is -2.30. The molecule has 0 bridgehead atoms. The van der Waals surface area contributed by atoms with Crippen molar-refractivity contribution in [2.45, 2.75) is 19.4 Å². The molecule has 1 unspecified atom stereocenters. The van der Waals surface area contributed by atoms with E-state index in [-0.39, 0.29) is 11.3 Å². The van der Waals surface area contributed by atoms with Crippen molar-refractivity contribution in [1.82, 2.24) is 9.47 Å². The Morgan fingerprint density at radius 2 is 1.79 bits per heavy atom. The minimum atomic E-state index is -0.642. The molecule has 0 aliphatic carbocycles. The van der Waals surface area contributed by atoms with Crippen LogP contribution >= 0.6 is 15.9 Å². The fourth-order valence-corrected chi connectivity index (χ4v) is 4.29. The number of aromatic nitrogens is 1. The molecule has 2 aromatic carbocycles. The van der Waals surface area contributed by atoms with Crippen molar-refractivity contribution in [3.8, 4) is 0 Å². The first kappa shape index (κ1) is 19.5. The number of likely N-dealkylation sites (tertiary alicyclic amines) is 1. The Hall–Kier alpha value is -2.86. The van der Waals surface area contributed by atoms with E-state index in [1.54, 1.807) is 29.2 Å². The number of rotatable bonds is 4. The number of benzene rings is 2. The molecule has 6 heteroatoms. The number of para-hydroxylation sites is 1. The maximum Gasteiger partial charge on any atom is 0.295 e. The fourth-order valence-electron chi connectivity index (χ4n) is 4.03. The molecule has 29 heavy (non-hydrogen) atoms. The lowest BCUT2D eigenvalue weighted by atomic mass is 9.95. The van der Waals surface area contributed by atoms with E-state index in [2.05, 4.69) is 15.9 Å². The number of carbonyl (C=O) groups is 2. The predicted octanol–water partition coefficient (Wildman–Crippen LogP) is 4.77. The molecule has 2 heterocycles. The maximum absolute atomic E-state index is 13.0. The number of carbonyl (C=O) groups excluding carboxylic acids is 2. The third-order valence-electron chi connectivity index (χ3n) is 5.34. The average Bonchev–Trinajstić information content (AvgIpc) is 3.18. The number of ketones is 1. The van der Waals surface area contributed by atoms with Crippen LogP contribution in [-0.2, 0) is 16.6 Å². The highest BCUT2D eigenvalue weighted by Crippen LogP contribution is 2.42. The molecule has 0 spiro atoms. The van der Waals surface area contributed by atoms with Crippen molar-refractivity contribution in [2.24, 2.45) is 7.05 Å². The van der Waals surface area contributed by atoms with Crippen LogP contribution in [0.15, 0.2) is 64.8 Å². The van der Waals surface area contributed by atoms with Crippen LogP contribution in [0, 0.1) is 0 Å². The first-order valence-corrected chi connectivity index (χ1v) is 10.3. The lowest BCUT2D eigenvalue weighted by molar-refractivity contribution is -0.139. The second kappa shape index (κ2) is 7.52. The van der Waals surface area contributed by atoms with Gasteiger partial charge < -0.3 is 14.6 Å². The third-order valence-corrected chi connectivity index (χ3v) is 5.87. The summed E-state index contributed by atoms with van der Waals surface area (Å²) < 4.78 is 2.85. The van der Waals surface area contributed by atoms with E-state index in [1.165, 1.54) is 0 Å². The molecule has 0 radical (unpaired) electrons. The van der Waals surface area contributed by atoms with Gasteiger partial charge in [-0.1, -0.05) is 53.2 Å². The predicted molar refractivity (Wildman–Crippen MR) is 116 cm³/mol. The van der Waals surface area contributed by atoms with Crippen molar-refractivity contribution in [3.63, 3.8) is 0 Å². The van der Waals surface area contributed by atoms with Crippen LogP contribution in [-0.4, -0.2) is 32.8 Å². The van der Waals surface area contributed by atoms with Gasteiger partial charge in [-0.05, 0) is 24.6 Å². The van der Waals surface area contributed by atoms with E-state index in [0.717, 1.165) is 20.9 Å². The van der Waals surface area contributed by atoms with Crippen molar-refractivity contribution in [3.05, 3.63) is 75.9 Å². The van der Waals surface area contributed by atoms with Crippen molar-refractivity contribution in [2.75, 3.05) is 6.54 Å². The first-order valence-electron chi connectivity index (χ1n) is 9.52. The quantitative estimate of drug-likeness (QED) is 0.352. The van der Waals surface area contributed by atoms with Gasteiger partial charge in [-0.15, -0.1) is 0 Å². The third kappa shape index (κ3) is 3.17. The first-order chi connectivity index (χ1) is 13.9. The fraction of sp³-hybridized carbons (Fsp3) is 0.217. The molecule has 5 nitrogen and oxygen atoms in total. The normalized spacial score (nSPS) is 18.7. The van der Waals surface area contributed by atoms with E-state index in [9.17, 15) is 14.7 Å². The van der Waals surface area contributed by atoms with E-state index in [1.807, 2.05) is 49.0 Å². The van der Waals surface area contributed by atoms with Crippen LogP contribution in [0.3, 0.4) is 0 Å². The second-order valence-electron chi connectivity index (χ2n) is 7.21. The van der Waals surface area contributed by atoms with Gasteiger partial charge in [0, 0.05) is 46.3 Å². The summed E-state index contributed by atoms with van der Waals surface area (Å²) in [6, 6.07) is 14.3. The van der Waals surface area contributed by atoms with Crippen molar-refractivity contribution < 1.29 is 14.7 Å². The van der Waals surface area contributed by atoms with Gasteiger partial charge >= 0.3 is 0 Å². The van der Waals surface area contributed by atoms with Gasteiger partial charge in [0.05, 0.1) is 11.6 Å². The number of hydrogen-bond donors (Lipinski definition) is 1. The Morgan fingerprint density at radius 3 is 2.48 bits per heavy atom. The Balaban J connectivity index is 1.97. The zero-order chi connectivity index (χ0) is 20.7. The monoisotopic (exact) mass is 452 g/mol. The Morgan fingerprint density at radius 1 is 1.10 bits per heavy atom. The number of amides is 1. The van der Waals surface area contributed by atoms with Gasteiger partial charge in [0.25, 0.3) is 11.7 Å². The van der Waals surface area contributed by atoms with Gasteiger partial charge in [0.1, 0.15) is 5.76 Å². The highest BCUT2D eigenvalue weighted by Gasteiger charge is 2.46. The topological polar surface area (TPSA) is 62.5 Å². The molecule has 1 aliphatic rings. The summed E-state index contributed by atoms with van der Waals surface area (Å²) in [5, 5.41) is 12.0. The largest absolute Gasteiger partial charge is 0.507 e. The summed E-state index contributed by atoms with van der Waals surface area (Å²) in [6.07, 6.45) is 2.66. The van der Waals surface area contributed by atoms with Crippen LogP contribution in [0.5, 0.6) is 0 Å². The molecule has 1 saturated heterocycles. The number of aliphatic hydroxyl groups is 1. The summed E-state index contributed by atoms with van der Waals surface area (Å²) in [4.78, 5) is 27.4. The molecule has 0 saturated carbocycles. The molecule has 3 aromatic rings. The van der Waals surface area contributed by atoms with Crippen molar-refractivity contribution >= 4 is 44.3 Å². The number of nitrogens with zero attached hydrogens (tertiary/aromatic N) is 2. The van der Waals surface area contributed by atoms with Crippen molar-refractivity contribution in [1.29, 1.82) is 0 Å².